The first-order chi connectivity index (χ1) is 11.5. The second-order valence-corrected chi connectivity index (χ2v) is 7.09. The van der Waals surface area contributed by atoms with Crippen molar-refractivity contribution in [3.63, 3.8) is 0 Å². The van der Waals surface area contributed by atoms with Gasteiger partial charge in [-0.1, -0.05) is 0 Å². The normalized spacial score (nSPS) is 11.8. The molecule has 2 aromatic rings. The van der Waals surface area contributed by atoms with Crippen LogP contribution in [0, 0.1) is 0 Å². The molecule has 0 amide bonds. The third kappa shape index (κ3) is 4.07. The van der Waals surface area contributed by atoms with Crippen LogP contribution in [-0.4, -0.2) is 4.73 Å². The van der Waals surface area contributed by atoms with Crippen molar-refractivity contribution < 1.29 is 17.0 Å². The number of hydrogen-bond acceptors (Lipinski definition) is 0. The van der Waals surface area contributed by atoms with E-state index in [4.69, 9.17) is 0 Å². The minimum atomic E-state index is 0.520. The van der Waals surface area contributed by atoms with Crippen molar-refractivity contribution in [2.75, 3.05) is 0 Å². The van der Waals surface area contributed by atoms with E-state index in [1.165, 1.54) is 33.4 Å². The van der Waals surface area contributed by atoms with Crippen LogP contribution in [-0.2, 0) is 17.0 Å². The predicted octanol–water partition coefficient (Wildman–Crippen LogP) is 6.52. The Hall–Kier alpha value is -1.63. The van der Waals surface area contributed by atoms with E-state index in [9.17, 15) is 0 Å². The maximum absolute atomic E-state index is 3.84. The van der Waals surface area contributed by atoms with Crippen LogP contribution in [0.25, 0.3) is 16.7 Å². The van der Waals surface area contributed by atoms with E-state index in [1.54, 1.807) is 0 Å². The molecule has 0 atom stereocenters. The Morgan fingerprint density at radius 2 is 1.62 bits per heavy atom. The topological polar surface area (TPSA) is 0 Å². The van der Waals surface area contributed by atoms with Crippen LogP contribution in [0.3, 0.4) is 0 Å². The van der Waals surface area contributed by atoms with Crippen molar-refractivity contribution in [3.05, 3.63) is 77.9 Å². The summed E-state index contributed by atoms with van der Waals surface area (Å²) >= 11 is 2.55. The molecule has 24 heavy (non-hydrogen) atoms. The predicted molar refractivity (Wildman–Crippen MR) is 104 cm³/mol. The van der Waals surface area contributed by atoms with E-state index >= 15 is 0 Å². The van der Waals surface area contributed by atoms with Gasteiger partial charge in [-0.25, -0.2) is 0 Å². The summed E-state index contributed by atoms with van der Waals surface area (Å²) in [5, 5.41) is 0. The van der Waals surface area contributed by atoms with E-state index < -0.39 is 0 Å². The molecule has 0 saturated heterocycles. The van der Waals surface area contributed by atoms with Crippen LogP contribution in [0.4, 0.5) is 0 Å². The molecule has 0 unspecified atom stereocenters. The van der Waals surface area contributed by atoms with Gasteiger partial charge in [-0.2, -0.15) is 0 Å². The molecule has 0 spiro atoms. The first kappa shape index (κ1) is 18.7. The minimum absolute atomic E-state index is 0.520. The summed E-state index contributed by atoms with van der Waals surface area (Å²) in [6.45, 7) is 12.9. The van der Waals surface area contributed by atoms with Gasteiger partial charge in [0, 0.05) is 0 Å². The Balaban J connectivity index is 2.65. The summed E-state index contributed by atoms with van der Waals surface area (Å²) in [4.78, 5) is 0. The number of benzene rings is 2. The van der Waals surface area contributed by atoms with E-state index in [-0.39, 0.29) is 0 Å². The van der Waals surface area contributed by atoms with Gasteiger partial charge in [0.1, 0.15) is 0 Å². The maximum atomic E-state index is 3.84. The van der Waals surface area contributed by atoms with Gasteiger partial charge in [-0.05, 0) is 0 Å². The standard InChI is InChI=1S/C23H26.V/c1-7-10-18(6)21-11-8-9-12-22(21)19-13-14-20(16(2)3)23(15-19)17(4)5;/h6-17H,1H2,2-5H3;. The van der Waals surface area contributed by atoms with Crippen molar-refractivity contribution >= 4 is 10.3 Å². The van der Waals surface area contributed by atoms with Crippen LogP contribution >= 0.6 is 0 Å². The van der Waals surface area contributed by atoms with E-state index in [0.29, 0.717) is 11.8 Å². The van der Waals surface area contributed by atoms with Crippen molar-refractivity contribution in [1.82, 2.24) is 0 Å². The quantitative estimate of drug-likeness (QED) is 0.519. The molecule has 0 bridgehead atoms. The van der Waals surface area contributed by atoms with Gasteiger partial charge in [0.15, 0.2) is 0 Å². The fourth-order valence-electron chi connectivity index (χ4n) is 3.08. The molecular formula is C23H26V. The molecule has 123 valence electrons. The molecule has 2 rings (SSSR count). The first-order valence-corrected chi connectivity index (χ1v) is 9.34. The molecule has 2 aromatic carbocycles. The summed E-state index contributed by atoms with van der Waals surface area (Å²) in [6.07, 6.45) is 3.90. The molecule has 0 saturated carbocycles. The molecule has 0 heterocycles. The van der Waals surface area contributed by atoms with Crippen LogP contribution in [0.2, 0.25) is 0 Å². The Labute approximate surface area is 155 Å². The van der Waals surface area contributed by atoms with Crippen molar-refractivity contribution in [1.29, 1.82) is 0 Å². The van der Waals surface area contributed by atoms with Crippen LogP contribution in [0.5, 0.6) is 0 Å². The summed E-state index contributed by atoms with van der Waals surface area (Å²) in [7, 11) is 0. The number of rotatable bonds is 6. The van der Waals surface area contributed by atoms with E-state index in [0.717, 1.165) is 0 Å². The van der Waals surface area contributed by atoms with Crippen LogP contribution < -0.4 is 0 Å². The van der Waals surface area contributed by atoms with Gasteiger partial charge in [0.2, 0.25) is 0 Å². The summed E-state index contributed by atoms with van der Waals surface area (Å²) < 4.78 is 2.08. The molecule has 0 aliphatic carbocycles. The monoisotopic (exact) mass is 353 g/mol. The SMILES string of the molecule is C=CC=C([CH]=[V])c1ccccc1-c1ccc(C(C)C)c(C(C)C)c1. The molecule has 0 aromatic heterocycles. The molecule has 0 nitrogen and oxygen atoms in total. The van der Waals surface area contributed by atoms with E-state index in [1.807, 2.05) is 6.08 Å². The van der Waals surface area contributed by atoms with Crippen molar-refractivity contribution in [2.45, 2.75) is 39.5 Å². The molecule has 0 fully saturated rings. The Morgan fingerprint density at radius 1 is 0.958 bits per heavy atom. The van der Waals surface area contributed by atoms with Gasteiger partial charge in [-0.15, -0.1) is 0 Å². The fraction of sp³-hybridized carbons (Fsp3) is 0.261. The zero-order chi connectivity index (χ0) is 17.7. The average molecular weight is 353 g/mol. The van der Waals surface area contributed by atoms with Crippen LogP contribution in [0.15, 0.2) is 61.2 Å². The summed E-state index contributed by atoms with van der Waals surface area (Å²) in [5.41, 5.74) is 7.87. The van der Waals surface area contributed by atoms with Crippen molar-refractivity contribution in [3.8, 4) is 11.1 Å². The molecular weight excluding hydrogens is 327 g/mol. The average Bonchev–Trinajstić information content (AvgIpc) is 2.59. The summed E-state index contributed by atoms with van der Waals surface area (Å²) in [6, 6.07) is 15.5. The zero-order valence-electron chi connectivity index (χ0n) is 15.1. The molecule has 0 aliphatic rings. The van der Waals surface area contributed by atoms with Crippen molar-refractivity contribution in [2.24, 2.45) is 0 Å². The van der Waals surface area contributed by atoms with E-state index in [2.05, 4.69) is 105 Å². The second-order valence-electron chi connectivity index (χ2n) is 6.69. The Morgan fingerprint density at radius 3 is 2.21 bits per heavy atom. The van der Waals surface area contributed by atoms with Gasteiger partial charge >= 0.3 is 156 Å². The van der Waals surface area contributed by atoms with Gasteiger partial charge in [-0.3, -0.25) is 0 Å². The van der Waals surface area contributed by atoms with Gasteiger partial charge < -0.3 is 0 Å². The first-order valence-electron chi connectivity index (χ1n) is 8.53. The third-order valence-electron chi connectivity index (χ3n) is 4.32. The summed E-state index contributed by atoms with van der Waals surface area (Å²) in [5.74, 6) is 1.07. The zero-order valence-corrected chi connectivity index (χ0v) is 16.5. The van der Waals surface area contributed by atoms with Crippen LogP contribution in [0.1, 0.15) is 56.2 Å². The number of hydrogen-bond donors (Lipinski definition) is 0. The second kappa shape index (κ2) is 8.47. The Kier molecular flexibility index (Phi) is 6.60. The third-order valence-corrected chi connectivity index (χ3v) is 4.75. The molecule has 0 N–H and O–H groups in total. The molecule has 1 heteroatoms. The molecule has 0 radical (unpaired) electrons. The van der Waals surface area contributed by atoms with Gasteiger partial charge in [0.05, 0.1) is 0 Å². The fourth-order valence-corrected chi connectivity index (χ4v) is 3.44. The van der Waals surface area contributed by atoms with Gasteiger partial charge in [0.25, 0.3) is 0 Å². The number of allylic oxidation sites excluding steroid dienone is 3. The Bertz CT molecular complexity index is 763. The molecule has 0 aliphatic heterocycles.